The first-order valence-corrected chi connectivity index (χ1v) is 19.0. The standard InChI is InChI=1S/C41H50N8O6/c1-28(42-2)38(50)45-36-25-31-13-17-34(18-14-31)55-27-32-26-48(47-46-32)21-7-23-54-33-15-11-29(12-16-33)19-20-43-39(51)35(24-30-8-4-3-5-9-30)44-40(52)37-10-6-22-49(37)41(36)53/h3-5,8-9,11-18,26,28,35-37,42H,6-7,10,19-25,27H2,1-2H3,(H,43,51)(H,44,52)(H,45,50). The minimum absolute atomic E-state index is 0.200. The number of nitrogens with zero attached hydrogens (tertiary/aromatic N) is 4. The molecule has 1 aromatic heterocycles. The van der Waals surface area contributed by atoms with Crippen molar-refractivity contribution in [2.45, 2.75) is 82.8 Å². The summed E-state index contributed by atoms with van der Waals surface area (Å²) in [6, 6.07) is 21.5. The number of carbonyl (C=O) groups excluding carboxylic acids is 4. The summed E-state index contributed by atoms with van der Waals surface area (Å²) >= 11 is 0. The molecule has 290 valence electrons. The summed E-state index contributed by atoms with van der Waals surface area (Å²) in [5.41, 5.74) is 3.40. The number of aryl methyl sites for hydroxylation is 1. The number of hydrogen-bond acceptors (Lipinski definition) is 9. The van der Waals surface area contributed by atoms with Gasteiger partial charge in [-0.25, -0.2) is 0 Å². The summed E-state index contributed by atoms with van der Waals surface area (Å²) in [5, 5.41) is 20.3. The van der Waals surface area contributed by atoms with Crippen molar-refractivity contribution in [1.29, 1.82) is 0 Å². The number of carbonyl (C=O) groups is 4. The van der Waals surface area contributed by atoms with Gasteiger partial charge in [0.2, 0.25) is 23.6 Å². The smallest absolute Gasteiger partial charge is 0.246 e. The van der Waals surface area contributed by atoms with E-state index in [0.29, 0.717) is 56.9 Å². The van der Waals surface area contributed by atoms with E-state index in [1.165, 1.54) is 4.90 Å². The molecule has 4 N–H and O–H groups in total. The molecule has 0 spiro atoms. The molecule has 3 aromatic carbocycles. The maximum absolute atomic E-state index is 14.3. The van der Waals surface area contributed by atoms with Gasteiger partial charge in [0.1, 0.15) is 41.9 Å². The molecule has 5 aliphatic heterocycles. The van der Waals surface area contributed by atoms with E-state index < -0.39 is 30.1 Å². The van der Waals surface area contributed by atoms with Gasteiger partial charge in [0, 0.05) is 38.9 Å². The molecule has 0 aliphatic carbocycles. The highest BCUT2D eigenvalue weighted by Crippen LogP contribution is 2.22. The van der Waals surface area contributed by atoms with Crippen molar-refractivity contribution in [2.24, 2.45) is 0 Å². The molecule has 0 saturated carbocycles. The SMILES string of the molecule is CNC(C)C(=O)NC1Cc2ccc(cc2)OCc2cn(nn2)CCCOc2ccc(cc2)CCNC(=O)C(Cc2ccccc2)NC(=O)C2CCCN2C1=O. The number of nitrogens with one attached hydrogen (secondary N) is 4. The fourth-order valence-electron chi connectivity index (χ4n) is 6.71. The lowest BCUT2D eigenvalue weighted by Gasteiger charge is -2.30. The van der Waals surface area contributed by atoms with Crippen LogP contribution in [0.3, 0.4) is 0 Å². The molecule has 4 atom stereocenters. The summed E-state index contributed by atoms with van der Waals surface area (Å²) in [5.74, 6) is -0.0443. The Morgan fingerprint density at radius 1 is 0.909 bits per heavy atom. The maximum atomic E-state index is 14.3. The third kappa shape index (κ3) is 10.9. The summed E-state index contributed by atoms with van der Waals surface area (Å²) in [4.78, 5) is 56.6. The van der Waals surface area contributed by atoms with Gasteiger partial charge in [0.15, 0.2) is 0 Å². The molecule has 4 unspecified atom stereocenters. The van der Waals surface area contributed by atoms with E-state index in [4.69, 9.17) is 9.47 Å². The van der Waals surface area contributed by atoms with Crippen LogP contribution in [0.5, 0.6) is 11.5 Å². The van der Waals surface area contributed by atoms with E-state index in [0.717, 1.165) is 28.9 Å². The van der Waals surface area contributed by atoms with Crippen LogP contribution in [0.2, 0.25) is 0 Å². The van der Waals surface area contributed by atoms with Crippen molar-refractivity contribution in [3.63, 3.8) is 0 Å². The number of benzene rings is 3. The second kappa shape index (κ2) is 19.0. The Bertz CT molecular complexity index is 1880. The van der Waals surface area contributed by atoms with Crippen LogP contribution in [0.4, 0.5) is 0 Å². The van der Waals surface area contributed by atoms with Gasteiger partial charge < -0.3 is 35.6 Å². The van der Waals surface area contributed by atoms with Crippen molar-refractivity contribution >= 4 is 23.6 Å². The van der Waals surface area contributed by atoms with E-state index in [-0.39, 0.29) is 37.2 Å². The summed E-state index contributed by atoms with van der Waals surface area (Å²) in [7, 11) is 1.67. The Morgan fingerprint density at radius 3 is 2.38 bits per heavy atom. The number of ether oxygens (including phenoxy) is 2. The second-order valence-electron chi connectivity index (χ2n) is 14.0. The van der Waals surface area contributed by atoms with Crippen LogP contribution in [0.25, 0.3) is 0 Å². The van der Waals surface area contributed by atoms with E-state index in [2.05, 4.69) is 31.6 Å². The summed E-state index contributed by atoms with van der Waals surface area (Å²) < 4.78 is 13.7. The van der Waals surface area contributed by atoms with E-state index in [1.807, 2.05) is 85.1 Å². The molecule has 55 heavy (non-hydrogen) atoms. The Morgan fingerprint density at radius 2 is 1.64 bits per heavy atom. The van der Waals surface area contributed by atoms with Gasteiger partial charge in [0.05, 0.1) is 18.8 Å². The molecule has 9 rings (SSSR count). The van der Waals surface area contributed by atoms with Gasteiger partial charge in [-0.2, -0.15) is 0 Å². The van der Waals surface area contributed by atoms with E-state index in [1.54, 1.807) is 18.7 Å². The fraction of sp³-hybridized carbons (Fsp3) is 0.415. The molecule has 1 fully saturated rings. The van der Waals surface area contributed by atoms with E-state index >= 15 is 0 Å². The minimum Gasteiger partial charge on any atom is -0.494 e. The van der Waals surface area contributed by atoms with E-state index in [9.17, 15) is 19.2 Å². The average molecular weight is 751 g/mol. The second-order valence-corrected chi connectivity index (χ2v) is 14.0. The zero-order valence-corrected chi connectivity index (χ0v) is 31.4. The topological polar surface area (TPSA) is 169 Å². The first kappa shape index (κ1) is 38.9. The molecule has 4 aromatic rings. The van der Waals surface area contributed by atoms with Crippen LogP contribution in [0, 0.1) is 0 Å². The van der Waals surface area contributed by atoms with Gasteiger partial charge in [0.25, 0.3) is 0 Å². The maximum Gasteiger partial charge on any atom is 0.246 e. The molecule has 1 saturated heterocycles. The molecule has 0 radical (unpaired) electrons. The number of likely N-dealkylation sites (N-methyl/N-ethyl adjacent to an activating group) is 1. The van der Waals surface area contributed by atoms with Crippen molar-refractivity contribution < 1.29 is 28.7 Å². The summed E-state index contributed by atoms with van der Waals surface area (Å²) in [6.07, 6.45) is 4.69. The van der Waals surface area contributed by atoms with Crippen molar-refractivity contribution in [3.8, 4) is 11.5 Å². The number of rotatable bonds is 5. The number of hydrogen-bond donors (Lipinski definition) is 4. The predicted octanol–water partition coefficient (Wildman–Crippen LogP) is 2.35. The van der Waals surface area contributed by atoms with Crippen LogP contribution >= 0.6 is 0 Å². The Hall–Kier alpha value is -5.76. The van der Waals surface area contributed by atoms with Gasteiger partial charge >= 0.3 is 0 Å². The van der Waals surface area contributed by atoms with Crippen molar-refractivity contribution in [1.82, 2.24) is 41.2 Å². The van der Waals surface area contributed by atoms with Crippen LogP contribution in [0.15, 0.2) is 85.1 Å². The number of amides is 4. The Labute approximate surface area is 321 Å². The first-order chi connectivity index (χ1) is 26.7. The molecule has 4 amide bonds. The van der Waals surface area contributed by atoms with Crippen LogP contribution in [-0.4, -0.2) is 94.4 Å². The molecule has 6 bridgehead atoms. The predicted molar refractivity (Wildman–Crippen MR) is 205 cm³/mol. The van der Waals surface area contributed by atoms with Crippen molar-refractivity contribution in [2.75, 3.05) is 26.7 Å². The quantitative estimate of drug-likeness (QED) is 0.239. The molecule has 5 aliphatic rings. The van der Waals surface area contributed by atoms with Gasteiger partial charge in [-0.05, 0) is 74.2 Å². The fourth-order valence-corrected chi connectivity index (χ4v) is 6.71. The third-order valence-corrected chi connectivity index (χ3v) is 9.97. The highest BCUT2D eigenvalue weighted by atomic mass is 16.5. The normalized spacial score (nSPS) is 20.8. The minimum atomic E-state index is -0.933. The highest BCUT2D eigenvalue weighted by Gasteiger charge is 2.39. The van der Waals surface area contributed by atoms with Crippen LogP contribution < -0.4 is 30.7 Å². The van der Waals surface area contributed by atoms with Gasteiger partial charge in [-0.15, -0.1) is 5.10 Å². The molecule has 14 nitrogen and oxygen atoms in total. The molecule has 6 heterocycles. The highest BCUT2D eigenvalue weighted by molar-refractivity contribution is 5.95. The Balaban J connectivity index is 1.23. The molecular weight excluding hydrogens is 701 g/mol. The third-order valence-electron chi connectivity index (χ3n) is 9.97. The van der Waals surface area contributed by atoms with Gasteiger partial charge in [-0.3, -0.25) is 23.9 Å². The lowest BCUT2D eigenvalue weighted by molar-refractivity contribution is -0.142. The lowest BCUT2D eigenvalue weighted by Crippen LogP contribution is -2.58. The zero-order valence-electron chi connectivity index (χ0n) is 31.4. The van der Waals surface area contributed by atoms with Crippen LogP contribution in [-0.2, 0) is 51.6 Å². The lowest BCUT2D eigenvalue weighted by atomic mass is 10.0. The first-order valence-electron chi connectivity index (χ1n) is 19.0. The molecular formula is C41H50N8O6. The summed E-state index contributed by atoms with van der Waals surface area (Å²) in [6.45, 7) is 3.80. The van der Waals surface area contributed by atoms with Crippen molar-refractivity contribution in [3.05, 3.63) is 107 Å². The monoisotopic (exact) mass is 750 g/mol. The van der Waals surface area contributed by atoms with Crippen LogP contribution in [0.1, 0.15) is 48.6 Å². The largest absolute Gasteiger partial charge is 0.494 e. The Kier molecular flexibility index (Phi) is 13.5. The average Bonchev–Trinajstić information content (AvgIpc) is 3.89. The zero-order chi connectivity index (χ0) is 38.6. The van der Waals surface area contributed by atoms with Gasteiger partial charge in [-0.1, -0.05) is 59.8 Å². The number of aromatic nitrogens is 3. The molecule has 14 heteroatoms.